The fraction of sp³-hybridized carbons (Fsp3) is 0.438. The zero-order valence-corrected chi connectivity index (χ0v) is 13.2. The lowest BCUT2D eigenvalue weighted by atomic mass is 9.99. The fourth-order valence-corrected chi connectivity index (χ4v) is 2.88. The van der Waals surface area contributed by atoms with Gasteiger partial charge < -0.3 is 14.2 Å². The van der Waals surface area contributed by atoms with Crippen molar-refractivity contribution < 1.29 is 18.0 Å². The Labute approximate surface area is 136 Å². The number of halogens is 2. The first-order valence-electron chi connectivity index (χ1n) is 7.69. The largest absolute Gasteiger partial charge is 0.370 e. The van der Waals surface area contributed by atoms with Crippen molar-refractivity contribution >= 4 is 11.0 Å². The van der Waals surface area contributed by atoms with Gasteiger partial charge in [0.2, 0.25) is 5.82 Å². The molecule has 1 unspecified atom stereocenters. The molecule has 1 atom stereocenters. The van der Waals surface area contributed by atoms with Gasteiger partial charge in [-0.1, -0.05) is 5.16 Å². The lowest BCUT2D eigenvalue weighted by Crippen LogP contribution is -2.28. The maximum absolute atomic E-state index is 12.7. The summed E-state index contributed by atoms with van der Waals surface area (Å²) in [5, 5.41) is 4.05. The van der Waals surface area contributed by atoms with E-state index in [2.05, 4.69) is 20.1 Å². The highest BCUT2D eigenvalue weighted by molar-refractivity contribution is 5.80. The predicted molar refractivity (Wildman–Crippen MR) is 81.4 cm³/mol. The third kappa shape index (κ3) is 2.37. The molecule has 3 aromatic rings. The predicted octanol–water partition coefficient (Wildman–Crippen LogP) is 3.82. The molecule has 0 amide bonds. The second-order valence-electron chi connectivity index (χ2n) is 6.16. The van der Waals surface area contributed by atoms with Crippen LogP contribution in [0.25, 0.3) is 22.5 Å². The number of hydrogen-bond donors (Lipinski definition) is 1. The Morgan fingerprint density at radius 1 is 1.33 bits per heavy atom. The SMILES string of the molecule is COC(C)(c1noc(-c2ccc3nc(C(F)F)[nH]c3c2)n1)C1CC1. The van der Waals surface area contributed by atoms with Crippen LogP contribution in [0.3, 0.4) is 0 Å². The third-order valence-electron chi connectivity index (χ3n) is 4.60. The Morgan fingerprint density at radius 3 is 2.79 bits per heavy atom. The number of ether oxygens (including phenoxy) is 1. The second kappa shape index (κ2) is 5.34. The van der Waals surface area contributed by atoms with Crippen LogP contribution in [0.15, 0.2) is 22.7 Å². The van der Waals surface area contributed by atoms with Crippen molar-refractivity contribution in [3.8, 4) is 11.5 Å². The summed E-state index contributed by atoms with van der Waals surface area (Å²) in [6, 6.07) is 5.04. The van der Waals surface area contributed by atoms with Crippen molar-refractivity contribution in [2.75, 3.05) is 7.11 Å². The standard InChI is InChI=1S/C16H16F2N4O2/c1-16(23-2,9-4-5-9)15-21-14(24-22-15)8-3-6-10-11(7-8)20-13(19-10)12(17)18/h3,6-7,9,12H,4-5H2,1-2H3,(H,19,20). The summed E-state index contributed by atoms with van der Waals surface area (Å²) in [7, 11) is 1.64. The van der Waals surface area contributed by atoms with E-state index in [1.54, 1.807) is 25.3 Å². The number of aromatic amines is 1. The van der Waals surface area contributed by atoms with Gasteiger partial charge in [0.1, 0.15) is 5.60 Å². The van der Waals surface area contributed by atoms with Crippen molar-refractivity contribution in [2.24, 2.45) is 5.92 Å². The Hall–Kier alpha value is -2.35. The van der Waals surface area contributed by atoms with E-state index >= 15 is 0 Å². The van der Waals surface area contributed by atoms with Gasteiger partial charge in [0.25, 0.3) is 12.3 Å². The van der Waals surface area contributed by atoms with Gasteiger partial charge in [-0.25, -0.2) is 13.8 Å². The van der Waals surface area contributed by atoms with E-state index in [1.165, 1.54) is 0 Å². The smallest absolute Gasteiger partial charge is 0.295 e. The first-order valence-corrected chi connectivity index (χ1v) is 7.69. The topological polar surface area (TPSA) is 76.8 Å². The molecule has 4 rings (SSSR count). The van der Waals surface area contributed by atoms with Gasteiger partial charge in [-0.3, -0.25) is 0 Å². The molecule has 2 aromatic heterocycles. The number of aromatic nitrogens is 4. The lowest BCUT2D eigenvalue weighted by Gasteiger charge is -2.23. The van der Waals surface area contributed by atoms with Gasteiger partial charge in [0.05, 0.1) is 11.0 Å². The molecule has 1 aliphatic carbocycles. The van der Waals surface area contributed by atoms with Crippen LogP contribution < -0.4 is 0 Å². The normalized spacial score (nSPS) is 17.5. The highest BCUT2D eigenvalue weighted by Gasteiger charge is 2.46. The number of imidazole rings is 1. The highest BCUT2D eigenvalue weighted by atomic mass is 19.3. The summed E-state index contributed by atoms with van der Waals surface area (Å²) < 4.78 is 36.4. The van der Waals surface area contributed by atoms with E-state index in [-0.39, 0.29) is 5.82 Å². The molecule has 2 heterocycles. The van der Waals surface area contributed by atoms with E-state index < -0.39 is 12.0 Å². The van der Waals surface area contributed by atoms with Gasteiger partial charge in [-0.2, -0.15) is 4.98 Å². The monoisotopic (exact) mass is 334 g/mol. The van der Waals surface area contributed by atoms with Crippen LogP contribution in [0.4, 0.5) is 8.78 Å². The molecule has 8 heteroatoms. The first-order chi connectivity index (χ1) is 11.5. The number of nitrogens with zero attached hydrogens (tertiary/aromatic N) is 3. The number of methoxy groups -OCH3 is 1. The van der Waals surface area contributed by atoms with Crippen LogP contribution in [0.5, 0.6) is 0 Å². The maximum Gasteiger partial charge on any atom is 0.295 e. The molecule has 0 spiro atoms. The van der Waals surface area contributed by atoms with E-state index in [0.29, 0.717) is 34.2 Å². The zero-order valence-electron chi connectivity index (χ0n) is 13.2. The van der Waals surface area contributed by atoms with Gasteiger partial charge in [-0.05, 0) is 43.9 Å². The summed E-state index contributed by atoms with van der Waals surface area (Å²) in [5.74, 6) is 0.857. The van der Waals surface area contributed by atoms with Crippen LogP contribution in [-0.4, -0.2) is 27.2 Å². The summed E-state index contributed by atoms with van der Waals surface area (Å²) >= 11 is 0. The number of nitrogens with one attached hydrogen (secondary N) is 1. The molecule has 1 saturated carbocycles. The minimum Gasteiger partial charge on any atom is -0.370 e. The van der Waals surface area contributed by atoms with Crippen molar-refractivity contribution in [3.63, 3.8) is 0 Å². The molecule has 6 nitrogen and oxygen atoms in total. The Balaban J connectivity index is 1.70. The Kier molecular flexibility index (Phi) is 3.38. The van der Waals surface area contributed by atoms with Gasteiger partial charge in [-0.15, -0.1) is 0 Å². The molecule has 1 aromatic carbocycles. The molecule has 1 fully saturated rings. The number of alkyl halides is 2. The number of H-pyrrole nitrogens is 1. The van der Waals surface area contributed by atoms with Crippen molar-refractivity contribution in [3.05, 3.63) is 29.8 Å². The van der Waals surface area contributed by atoms with Crippen LogP contribution >= 0.6 is 0 Å². The number of rotatable bonds is 5. The molecule has 0 radical (unpaired) electrons. The van der Waals surface area contributed by atoms with E-state index in [0.717, 1.165) is 12.8 Å². The van der Waals surface area contributed by atoms with E-state index in [9.17, 15) is 8.78 Å². The number of fused-ring (bicyclic) bond motifs is 1. The molecule has 1 N–H and O–H groups in total. The van der Waals surface area contributed by atoms with Gasteiger partial charge >= 0.3 is 0 Å². The average Bonchev–Trinajstić information content (AvgIpc) is 3.16. The summed E-state index contributed by atoms with van der Waals surface area (Å²) in [6.45, 7) is 1.95. The van der Waals surface area contributed by atoms with E-state index in [4.69, 9.17) is 9.26 Å². The van der Waals surface area contributed by atoms with Crippen LogP contribution in [0.2, 0.25) is 0 Å². The minimum absolute atomic E-state index is 0.323. The molecule has 0 bridgehead atoms. The molecule has 1 aliphatic rings. The molecular weight excluding hydrogens is 318 g/mol. The minimum atomic E-state index is -2.64. The Morgan fingerprint density at radius 2 is 2.12 bits per heavy atom. The maximum atomic E-state index is 12.7. The lowest BCUT2D eigenvalue weighted by molar-refractivity contribution is -0.0269. The second-order valence-corrected chi connectivity index (χ2v) is 6.16. The van der Waals surface area contributed by atoms with Crippen LogP contribution in [0, 0.1) is 5.92 Å². The summed E-state index contributed by atoms with van der Waals surface area (Å²) in [4.78, 5) is 10.9. The first kappa shape index (κ1) is 15.2. The number of hydrogen-bond acceptors (Lipinski definition) is 5. The van der Waals surface area contributed by atoms with Gasteiger partial charge in [0, 0.05) is 12.7 Å². The van der Waals surface area contributed by atoms with Crippen LogP contribution in [-0.2, 0) is 10.3 Å². The highest BCUT2D eigenvalue weighted by Crippen LogP contribution is 2.47. The third-order valence-corrected chi connectivity index (χ3v) is 4.60. The van der Waals surface area contributed by atoms with Crippen LogP contribution in [0.1, 0.15) is 37.8 Å². The fourth-order valence-electron chi connectivity index (χ4n) is 2.88. The molecule has 24 heavy (non-hydrogen) atoms. The summed E-state index contributed by atoms with van der Waals surface area (Å²) in [5.41, 5.74) is 1.04. The molecule has 126 valence electrons. The van der Waals surface area contributed by atoms with Crippen molar-refractivity contribution in [1.82, 2.24) is 20.1 Å². The molecule has 0 saturated heterocycles. The molecular formula is C16H16F2N4O2. The van der Waals surface area contributed by atoms with Gasteiger partial charge in [0.15, 0.2) is 5.82 Å². The summed E-state index contributed by atoms with van der Waals surface area (Å²) in [6.07, 6.45) is -0.494. The van der Waals surface area contributed by atoms with Crippen molar-refractivity contribution in [2.45, 2.75) is 31.8 Å². The van der Waals surface area contributed by atoms with Crippen molar-refractivity contribution in [1.29, 1.82) is 0 Å². The number of benzene rings is 1. The Bertz CT molecular complexity index is 887. The molecule has 0 aliphatic heterocycles. The average molecular weight is 334 g/mol. The quantitative estimate of drug-likeness (QED) is 0.767. The van der Waals surface area contributed by atoms with E-state index in [1.807, 2.05) is 6.92 Å². The zero-order chi connectivity index (χ0) is 16.9.